The number of fused-ring (bicyclic) bond motifs is 1. The summed E-state index contributed by atoms with van der Waals surface area (Å²) in [5, 5.41) is 9.64. The SMILES string of the molecule is COc1ccc2c(c1)C(=O)CC(C)(O)O2. The number of hydrogen-bond donors (Lipinski definition) is 1. The Morgan fingerprint density at radius 2 is 2.27 bits per heavy atom. The van der Waals surface area contributed by atoms with Crippen molar-refractivity contribution in [1.29, 1.82) is 0 Å². The third kappa shape index (κ3) is 1.80. The van der Waals surface area contributed by atoms with Crippen molar-refractivity contribution in [1.82, 2.24) is 0 Å². The summed E-state index contributed by atoms with van der Waals surface area (Å²) in [5.41, 5.74) is 0.459. The molecule has 1 aromatic rings. The van der Waals surface area contributed by atoms with Crippen LogP contribution in [0.5, 0.6) is 11.5 Å². The predicted octanol–water partition coefficient (Wildman–Crippen LogP) is 1.37. The molecule has 1 aliphatic heterocycles. The van der Waals surface area contributed by atoms with Crippen LogP contribution < -0.4 is 9.47 Å². The van der Waals surface area contributed by atoms with E-state index in [0.717, 1.165) is 0 Å². The molecule has 1 N–H and O–H groups in total. The Hall–Kier alpha value is -1.55. The minimum Gasteiger partial charge on any atom is -0.497 e. The quantitative estimate of drug-likeness (QED) is 0.757. The van der Waals surface area contributed by atoms with E-state index >= 15 is 0 Å². The highest BCUT2D eigenvalue weighted by Gasteiger charge is 2.34. The molecule has 0 aliphatic carbocycles. The van der Waals surface area contributed by atoms with Gasteiger partial charge in [-0.3, -0.25) is 4.79 Å². The lowest BCUT2D eigenvalue weighted by Crippen LogP contribution is -2.38. The number of aliphatic hydroxyl groups is 1. The molecule has 2 rings (SSSR count). The average Bonchev–Trinajstić information content (AvgIpc) is 2.15. The van der Waals surface area contributed by atoms with Crippen molar-refractivity contribution >= 4 is 5.78 Å². The van der Waals surface area contributed by atoms with Gasteiger partial charge in [0.25, 0.3) is 0 Å². The first-order chi connectivity index (χ1) is 7.02. The second-order valence-electron chi connectivity index (χ2n) is 3.74. The van der Waals surface area contributed by atoms with Crippen LogP contribution in [0.25, 0.3) is 0 Å². The van der Waals surface area contributed by atoms with Crippen molar-refractivity contribution in [3.63, 3.8) is 0 Å². The summed E-state index contributed by atoms with van der Waals surface area (Å²) in [7, 11) is 1.53. The molecule has 0 fully saturated rings. The summed E-state index contributed by atoms with van der Waals surface area (Å²) in [4.78, 5) is 11.7. The summed E-state index contributed by atoms with van der Waals surface area (Å²) in [6.07, 6.45) is -0.0346. The molecule has 15 heavy (non-hydrogen) atoms. The highest BCUT2D eigenvalue weighted by atomic mass is 16.6. The van der Waals surface area contributed by atoms with Gasteiger partial charge in [0, 0.05) is 6.92 Å². The number of ketones is 1. The fourth-order valence-corrected chi connectivity index (χ4v) is 1.61. The molecule has 1 aromatic carbocycles. The molecule has 4 nitrogen and oxygen atoms in total. The molecule has 0 spiro atoms. The molecule has 0 amide bonds. The minimum atomic E-state index is -1.40. The third-order valence-corrected chi connectivity index (χ3v) is 2.31. The van der Waals surface area contributed by atoms with Gasteiger partial charge in [0.1, 0.15) is 11.5 Å². The highest BCUT2D eigenvalue weighted by Crippen LogP contribution is 2.33. The largest absolute Gasteiger partial charge is 0.497 e. The van der Waals surface area contributed by atoms with Crippen molar-refractivity contribution < 1.29 is 19.4 Å². The number of Topliss-reactive ketones (excluding diaryl/α,β-unsaturated/α-hetero) is 1. The number of carbonyl (C=O) groups is 1. The van der Waals surface area contributed by atoms with Gasteiger partial charge < -0.3 is 14.6 Å². The van der Waals surface area contributed by atoms with Crippen LogP contribution in [0.15, 0.2) is 18.2 Å². The molecule has 0 aromatic heterocycles. The Balaban J connectivity index is 2.46. The monoisotopic (exact) mass is 208 g/mol. The van der Waals surface area contributed by atoms with Crippen molar-refractivity contribution in [3.8, 4) is 11.5 Å². The van der Waals surface area contributed by atoms with E-state index < -0.39 is 5.79 Å². The van der Waals surface area contributed by atoms with Crippen LogP contribution in [-0.4, -0.2) is 23.8 Å². The maximum atomic E-state index is 11.7. The molecular formula is C11H12O4. The maximum absolute atomic E-state index is 11.7. The lowest BCUT2D eigenvalue weighted by molar-refractivity contribution is -0.123. The molecular weight excluding hydrogens is 196 g/mol. The average molecular weight is 208 g/mol. The van der Waals surface area contributed by atoms with E-state index in [9.17, 15) is 9.90 Å². The first-order valence-corrected chi connectivity index (χ1v) is 4.64. The van der Waals surface area contributed by atoms with E-state index in [1.165, 1.54) is 14.0 Å². The summed E-state index contributed by atoms with van der Waals surface area (Å²) < 4.78 is 10.3. The first kappa shape index (κ1) is 9.98. The second-order valence-corrected chi connectivity index (χ2v) is 3.74. The summed E-state index contributed by atoms with van der Waals surface area (Å²) >= 11 is 0. The molecule has 0 saturated carbocycles. The molecule has 1 heterocycles. The van der Waals surface area contributed by atoms with E-state index in [-0.39, 0.29) is 12.2 Å². The smallest absolute Gasteiger partial charge is 0.212 e. The van der Waals surface area contributed by atoms with Crippen molar-refractivity contribution in [2.24, 2.45) is 0 Å². The maximum Gasteiger partial charge on any atom is 0.212 e. The summed E-state index contributed by atoms with van der Waals surface area (Å²) in [6, 6.07) is 4.93. The standard InChI is InChI=1S/C11H12O4/c1-11(13)6-9(12)8-5-7(14-2)3-4-10(8)15-11/h3-5,13H,6H2,1-2H3. The Kier molecular flexibility index (Phi) is 2.16. The Bertz CT molecular complexity index is 409. The van der Waals surface area contributed by atoms with Crippen molar-refractivity contribution in [2.75, 3.05) is 7.11 Å². The predicted molar refractivity (Wildman–Crippen MR) is 53.2 cm³/mol. The molecule has 0 radical (unpaired) electrons. The van der Waals surface area contributed by atoms with Crippen LogP contribution in [0.2, 0.25) is 0 Å². The fourth-order valence-electron chi connectivity index (χ4n) is 1.61. The summed E-state index contributed by atoms with van der Waals surface area (Å²) in [5.74, 6) is -0.539. The van der Waals surface area contributed by atoms with Gasteiger partial charge in [-0.05, 0) is 18.2 Å². The highest BCUT2D eigenvalue weighted by molar-refractivity contribution is 6.00. The zero-order chi connectivity index (χ0) is 11.1. The van der Waals surface area contributed by atoms with E-state index in [2.05, 4.69) is 0 Å². The van der Waals surface area contributed by atoms with Gasteiger partial charge >= 0.3 is 0 Å². The molecule has 0 saturated heterocycles. The van der Waals surface area contributed by atoms with E-state index in [0.29, 0.717) is 17.1 Å². The first-order valence-electron chi connectivity index (χ1n) is 4.64. The van der Waals surface area contributed by atoms with Gasteiger partial charge in [-0.25, -0.2) is 0 Å². The second kappa shape index (κ2) is 3.24. The zero-order valence-electron chi connectivity index (χ0n) is 8.61. The van der Waals surface area contributed by atoms with Crippen LogP contribution in [-0.2, 0) is 0 Å². The minimum absolute atomic E-state index is 0.0346. The van der Waals surface area contributed by atoms with Crippen LogP contribution in [0.3, 0.4) is 0 Å². The molecule has 80 valence electrons. The topological polar surface area (TPSA) is 55.8 Å². The Labute approximate surface area is 87.4 Å². The van der Waals surface area contributed by atoms with Crippen LogP contribution in [0.4, 0.5) is 0 Å². The van der Waals surface area contributed by atoms with E-state index in [1.807, 2.05) is 0 Å². The normalized spacial score (nSPS) is 24.3. The number of methoxy groups -OCH3 is 1. The van der Waals surface area contributed by atoms with E-state index in [4.69, 9.17) is 9.47 Å². The van der Waals surface area contributed by atoms with Gasteiger partial charge in [-0.15, -0.1) is 0 Å². The van der Waals surface area contributed by atoms with Gasteiger partial charge in [0.2, 0.25) is 5.79 Å². The number of ether oxygens (including phenoxy) is 2. The number of carbonyl (C=O) groups excluding carboxylic acids is 1. The molecule has 1 unspecified atom stereocenters. The number of benzene rings is 1. The fraction of sp³-hybridized carbons (Fsp3) is 0.364. The molecule has 1 atom stereocenters. The molecule has 4 heteroatoms. The van der Waals surface area contributed by atoms with Crippen molar-refractivity contribution in [3.05, 3.63) is 23.8 Å². The van der Waals surface area contributed by atoms with Gasteiger partial charge in [-0.2, -0.15) is 0 Å². The number of rotatable bonds is 1. The van der Waals surface area contributed by atoms with Crippen LogP contribution in [0.1, 0.15) is 23.7 Å². The van der Waals surface area contributed by atoms with Crippen molar-refractivity contribution in [2.45, 2.75) is 19.1 Å². The molecule has 1 aliphatic rings. The Morgan fingerprint density at radius 1 is 1.53 bits per heavy atom. The number of hydrogen-bond acceptors (Lipinski definition) is 4. The lowest BCUT2D eigenvalue weighted by Gasteiger charge is -2.29. The van der Waals surface area contributed by atoms with E-state index in [1.54, 1.807) is 18.2 Å². The molecule has 0 bridgehead atoms. The van der Waals surface area contributed by atoms with Gasteiger partial charge in [-0.1, -0.05) is 0 Å². The Morgan fingerprint density at radius 3 is 2.93 bits per heavy atom. The van der Waals surface area contributed by atoms with Gasteiger partial charge in [0.05, 0.1) is 19.1 Å². The van der Waals surface area contributed by atoms with Crippen LogP contribution >= 0.6 is 0 Å². The zero-order valence-corrected chi connectivity index (χ0v) is 8.61. The third-order valence-electron chi connectivity index (χ3n) is 2.31. The summed E-state index contributed by atoms with van der Waals surface area (Å²) in [6.45, 7) is 1.47. The van der Waals surface area contributed by atoms with Crippen LogP contribution in [0, 0.1) is 0 Å². The van der Waals surface area contributed by atoms with Gasteiger partial charge in [0.15, 0.2) is 5.78 Å². The lowest BCUT2D eigenvalue weighted by atomic mass is 9.99.